The highest BCUT2D eigenvalue weighted by Crippen LogP contribution is 2.31. The van der Waals surface area contributed by atoms with Crippen molar-refractivity contribution in [3.63, 3.8) is 0 Å². The van der Waals surface area contributed by atoms with E-state index in [9.17, 15) is 5.11 Å². The van der Waals surface area contributed by atoms with Gasteiger partial charge in [-0.1, -0.05) is 0 Å². The fourth-order valence-corrected chi connectivity index (χ4v) is 3.99. The molecule has 0 atom stereocenters. The zero-order chi connectivity index (χ0) is 19.0. The van der Waals surface area contributed by atoms with Gasteiger partial charge in [0.25, 0.3) is 0 Å². The molecule has 0 saturated carbocycles. The van der Waals surface area contributed by atoms with Gasteiger partial charge in [-0.2, -0.15) is 5.10 Å². The number of hydrogen-bond donors (Lipinski definition) is 1. The zero-order valence-corrected chi connectivity index (χ0v) is 16.3. The summed E-state index contributed by atoms with van der Waals surface area (Å²) >= 11 is 1.60. The smallest absolute Gasteiger partial charge is 0.394 e. The van der Waals surface area contributed by atoms with Crippen molar-refractivity contribution in [3.05, 3.63) is 42.6 Å². The van der Waals surface area contributed by atoms with E-state index >= 15 is 0 Å². The second-order valence-electron chi connectivity index (χ2n) is 6.52. The fraction of sp³-hybridized carbons (Fsp3) is 0.263. The van der Waals surface area contributed by atoms with Gasteiger partial charge in [0.1, 0.15) is 11.2 Å². The topological polar surface area (TPSA) is 69.9 Å². The molecule has 0 saturated heterocycles. The number of nitrogens with zero attached hydrogens (tertiary/aromatic N) is 6. The van der Waals surface area contributed by atoms with Crippen LogP contribution in [0.2, 0.25) is 0 Å². The van der Waals surface area contributed by atoms with Crippen molar-refractivity contribution < 1.29 is 9.67 Å². The monoisotopic (exact) mass is 381 g/mol. The molecule has 0 spiro atoms. The molecule has 2 aromatic heterocycles. The van der Waals surface area contributed by atoms with E-state index in [0.717, 1.165) is 37.6 Å². The average Bonchev–Trinajstić information content (AvgIpc) is 3.20. The van der Waals surface area contributed by atoms with Crippen molar-refractivity contribution in [3.8, 4) is 0 Å². The van der Waals surface area contributed by atoms with Gasteiger partial charge in [-0.15, -0.1) is 0 Å². The molecule has 0 aliphatic carbocycles. The van der Waals surface area contributed by atoms with Crippen LogP contribution < -0.4 is 9.47 Å². The van der Waals surface area contributed by atoms with E-state index in [1.54, 1.807) is 11.3 Å². The van der Waals surface area contributed by atoms with Crippen LogP contribution in [0.3, 0.4) is 0 Å². The predicted octanol–water partition coefficient (Wildman–Crippen LogP) is 3.55. The second kappa shape index (κ2) is 7.05. The molecule has 8 heteroatoms. The lowest BCUT2D eigenvalue weighted by Gasteiger charge is -2.11. The summed E-state index contributed by atoms with van der Waals surface area (Å²) in [6.07, 6.45) is 1.83. The summed E-state index contributed by atoms with van der Waals surface area (Å²) in [5.41, 5.74) is 4.03. The SMILES string of the molecule is CN(C)c1ccc(N=Nc2sc3cc4cnn(CCO)c4cc3[n+]2C)cc1. The van der Waals surface area contributed by atoms with Crippen LogP contribution in [-0.4, -0.2) is 35.6 Å². The minimum absolute atomic E-state index is 0.0661. The van der Waals surface area contributed by atoms with Crippen molar-refractivity contribution in [2.75, 3.05) is 25.6 Å². The first-order chi connectivity index (χ1) is 13.1. The molecule has 0 unspecified atom stereocenters. The van der Waals surface area contributed by atoms with Crippen LogP contribution in [-0.2, 0) is 13.6 Å². The van der Waals surface area contributed by atoms with Gasteiger partial charge in [0.2, 0.25) is 0 Å². The third-order valence-corrected chi connectivity index (χ3v) is 5.59. The molecule has 7 nitrogen and oxygen atoms in total. The zero-order valence-electron chi connectivity index (χ0n) is 15.5. The second-order valence-corrected chi connectivity index (χ2v) is 7.53. The molecule has 0 aliphatic heterocycles. The molecule has 27 heavy (non-hydrogen) atoms. The number of azo groups is 1. The van der Waals surface area contributed by atoms with E-state index in [2.05, 4.69) is 32.4 Å². The number of benzene rings is 2. The van der Waals surface area contributed by atoms with Crippen molar-refractivity contribution >= 4 is 49.0 Å². The van der Waals surface area contributed by atoms with Crippen molar-refractivity contribution in [2.45, 2.75) is 6.54 Å². The van der Waals surface area contributed by atoms with Crippen molar-refractivity contribution in [2.24, 2.45) is 17.3 Å². The first-order valence-electron chi connectivity index (χ1n) is 8.65. The van der Waals surface area contributed by atoms with E-state index in [4.69, 9.17) is 0 Å². The van der Waals surface area contributed by atoms with Gasteiger partial charge in [-0.3, -0.25) is 4.68 Å². The van der Waals surface area contributed by atoms with Gasteiger partial charge >= 0.3 is 5.13 Å². The molecule has 2 aromatic carbocycles. The van der Waals surface area contributed by atoms with Crippen molar-refractivity contribution in [1.29, 1.82) is 0 Å². The molecule has 0 fully saturated rings. The molecular weight excluding hydrogens is 360 g/mol. The number of hydrogen-bond acceptors (Lipinski definition) is 6. The molecule has 138 valence electrons. The average molecular weight is 381 g/mol. The lowest BCUT2D eigenvalue weighted by Crippen LogP contribution is -2.25. The Hall–Kier alpha value is -2.84. The quantitative estimate of drug-likeness (QED) is 0.425. The maximum Gasteiger partial charge on any atom is 0.409 e. The van der Waals surface area contributed by atoms with Crippen LogP contribution >= 0.6 is 11.3 Å². The van der Waals surface area contributed by atoms with E-state index in [-0.39, 0.29) is 6.61 Å². The van der Waals surface area contributed by atoms with E-state index in [0.29, 0.717) is 6.54 Å². The maximum atomic E-state index is 9.20. The number of aryl methyl sites for hydroxylation is 1. The lowest BCUT2D eigenvalue weighted by atomic mass is 10.2. The Balaban J connectivity index is 1.69. The highest BCUT2D eigenvalue weighted by Gasteiger charge is 2.18. The Kier molecular flexibility index (Phi) is 4.59. The van der Waals surface area contributed by atoms with Crippen LogP contribution in [0.5, 0.6) is 0 Å². The summed E-state index contributed by atoms with van der Waals surface area (Å²) in [7, 11) is 6.01. The van der Waals surface area contributed by atoms with E-state index in [1.807, 2.05) is 60.9 Å². The summed E-state index contributed by atoms with van der Waals surface area (Å²) in [6, 6.07) is 12.2. The number of thiazole rings is 1. The van der Waals surface area contributed by atoms with E-state index in [1.165, 1.54) is 0 Å². The van der Waals surface area contributed by atoms with E-state index < -0.39 is 0 Å². The number of rotatable bonds is 5. The largest absolute Gasteiger partial charge is 0.409 e. The first kappa shape index (κ1) is 17.6. The molecule has 0 aliphatic rings. The van der Waals surface area contributed by atoms with Gasteiger partial charge in [-0.05, 0) is 46.8 Å². The van der Waals surface area contributed by atoms with Crippen molar-refractivity contribution in [1.82, 2.24) is 9.78 Å². The van der Waals surface area contributed by atoms with Crippen LogP contribution in [0.25, 0.3) is 21.1 Å². The number of aliphatic hydroxyl groups is 1. The minimum Gasteiger partial charge on any atom is -0.394 e. The Labute approximate surface area is 160 Å². The van der Waals surface area contributed by atoms with Crippen LogP contribution in [0, 0.1) is 0 Å². The molecule has 1 N–H and O–H groups in total. The first-order valence-corrected chi connectivity index (χ1v) is 9.46. The number of aliphatic hydroxyl groups excluding tert-OH is 1. The number of aromatic nitrogens is 3. The molecule has 0 amide bonds. The highest BCUT2D eigenvalue weighted by atomic mass is 32.1. The number of fused-ring (bicyclic) bond motifs is 2. The third kappa shape index (κ3) is 3.29. The Morgan fingerprint density at radius 3 is 2.67 bits per heavy atom. The standard InChI is InChI=1S/C19H21N6OS/c1-23(2)15-6-4-14(5-7-15)21-22-19-24(3)17-11-16-13(10-18(17)27-19)12-20-25(16)8-9-26/h4-7,10-12,26H,8-9H2,1-3H3/q+1. The van der Waals surface area contributed by atoms with Gasteiger partial charge in [0.05, 0.1) is 41.7 Å². The van der Waals surface area contributed by atoms with Crippen LogP contribution in [0.4, 0.5) is 16.5 Å². The predicted molar refractivity (Wildman–Crippen MR) is 108 cm³/mol. The Morgan fingerprint density at radius 1 is 1.19 bits per heavy atom. The lowest BCUT2D eigenvalue weighted by molar-refractivity contribution is -0.627. The highest BCUT2D eigenvalue weighted by molar-refractivity contribution is 7.21. The Bertz CT molecular complexity index is 1130. The van der Waals surface area contributed by atoms with Gasteiger partial charge in [-0.25, -0.2) is 4.57 Å². The van der Waals surface area contributed by atoms with Crippen LogP contribution in [0.1, 0.15) is 0 Å². The summed E-state index contributed by atoms with van der Waals surface area (Å²) in [5, 5.41) is 24.3. The number of anilines is 1. The van der Waals surface area contributed by atoms with Gasteiger partial charge in [0, 0.05) is 31.2 Å². The fourth-order valence-electron chi connectivity index (χ4n) is 2.99. The van der Waals surface area contributed by atoms with Gasteiger partial charge < -0.3 is 10.0 Å². The molecule has 4 rings (SSSR count). The summed E-state index contributed by atoms with van der Waals surface area (Å²) in [6.45, 7) is 0.551. The molecular formula is C19H21N6OS+. The molecule has 0 bridgehead atoms. The third-order valence-electron chi connectivity index (χ3n) is 4.50. The van der Waals surface area contributed by atoms with Crippen LogP contribution in [0.15, 0.2) is 52.8 Å². The Morgan fingerprint density at radius 2 is 1.96 bits per heavy atom. The normalized spacial score (nSPS) is 11.9. The molecule has 0 radical (unpaired) electrons. The summed E-state index contributed by atoms with van der Waals surface area (Å²) < 4.78 is 4.98. The summed E-state index contributed by atoms with van der Waals surface area (Å²) in [4.78, 5) is 2.05. The maximum absolute atomic E-state index is 9.20. The molecule has 4 aromatic rings. The molecule has 2 heterocycles. The summed E-state index contributed by atoms with van der Waals surface area (Å²) in [5.74, 6) is 0. The van der Waals surface area contributed by atoms with Gasteiger partial charge in [0.15, 0.2) is 0 Å². The minimum atomic E-state index is 0.0661.